The minimum Gasteiger partial charge on any atom is -0.311 e. The van der Waals surface area contributed by atoms with Crippen molar-refractivity contribution in [1.82, 2.24) is 0 Å². The molecule has 0 saturated carbocycles. The van der Waals surface area contributed by atoms with Crippen molar-refractivity contribution in [3.8, 4) is 54.3 Å². The van der Waals surface area contributed by atoms with Gasteiger partial charge in [-0.3, -0.25) is 0 Å². The Balaban J connectivity index is 1.08. The van der Waals surface area contributed by atoms with Crippen molar-refractivity contribution in [2.24, 2.45) is 0 Å². The van der Waals surface area contributed by atoms with Gasteiger partial charge in [-0.15, -0.1) is 11.3 Å². The SMILES string of the molecule is c1ccc(-c2ccc(N(c3ccc(-c4ccccc4)cc3)c3ccc(-c4cc5c(s4)-c4cccc6cccc-5c46)cc3)cc2)cc1. The second-order valence-electron chi connectivity index (χ2n) is 11.8. The van der Waals surface area contributed by atoms with Crippen LogP contribution in [-0.2, 0) is 0 Å². The van der Waals surface area contributed by atoms with Gasteiger partial charge in [-0.05, 0) is 86.6 Å². The minimum absolute atomic E-state index is 1.12. The van der Waals surface area contributed by atoms with Gasteiger partial charge in [0, 0.05) is 37.9 Å². The van der Waals surface area contributed by atoms with E-state index in [2.05, 4.69) is 181 Å². The Labute approximate surface area is 273 Å². The zero-order valence-corrected chi connectivity index (χ0v) is 25.9. The van der Waals surface area contributed by atoms with Crippen LogP contribution in [0.1, 0.15) is 0 Å². The maximum absolute atomic E-state index is 2.38. The average Bonchev–Trinajstić information content (AvgIpc) is 3.70. The van der Waals surface area contributed by atoms with Crippen LogP contribution >= 0.6 is 11.3 Å². The summed E-state index contributed by atoms with van der Waals surface area (Å²) in [6.45, 7) is 0. The highest BCUT2D eigenvalue weighted by atomic mass is 32.1. The van der Waals surface area contributed by atoms with Crippen LogP contribution in [0.4, 0.5) is 17.1 Å². The molecule has 0 amide bonds. The van der Waals surface area contributed by atoms with Gasteiger partial charge in [0.15, 0.2) is 0 Å². The summed E-state index contributed by atoms with van der Waals surface area (Å²) in [7, 11) is 0. The molecule has 1 aliphatic carbocycles. The topological polar surface area (TPSA) is 3.24 Å². The zero-order chi connectivity index (χ0) is 30.5. The molecule has 0 aliphatic heterocycles. The lowest BCUT2D eigenvalue weighted by Gasteiger charge is -2.26. The third kappa shape index (κ3) is 4.54. The van der Waals surface area contributed by atoms with E-state index in [1.54, 1.807) is 0 Å². The highest BCUT2D eigenvalue weighted by molar-refractivity contribution is 7.19. The van der Waals surface area contributed by atoms with Crippen LogP contribution in [0.2, 0.25) is 0 Å². The Morgan fingerprint density at radius 1 is 0.348 bits per heavy atom. The molecule has 0 fully saturated rings. The van der Waals surface area contributed by atoms with Crippen molar-refractivity contribution in [3.63, 3.8) is 0 Å². The summed E-state index contributed by atoms with van der Waals surface area (Å²) >= 11 is 1.90. The molecule has 0 radical (unpaired) electrons. The molecule has 8 aromatic rings. The van der Waals surface area contributed by atoms with E-state index in [0.29, 0.717) is 0 Å². The Morgan fingerprint density at radius 3 is 1.33 bits per heavy atom. The van der Waals surface area contributed by atoms with E-state index in [1.165, 1.54) is 65.0 Å². The first-order chi connectivity index (χ1) is 22.8. The molecule has 0 unspecified atom stereocenters. The summed E-state index contributed by atoms with van der Waals surface area (Å²) in [5, 5.41) is 2.71. The summed E-state index contributed by atoms with van der Waals surface area (Å²) in [6, 6.07) is 63.7. The van der Waals surface area contributed by atoms with Gasteiger partial charge in [-0.25, -0.2) is 0 Å². The fourth-order valence-corrected chi connectivity index (χ4v) is 7.99. The predicted octanol–water partition coefficient (Wildman–Crippen LogP) is 13.0. The van der Waals surface area contributed by atoms with Crippen LogP contribution in [-0.4, -0.2) is 0 Å². The lowest BCUT2D eigenvalue weighted by molar-refractivity contribution is 1.28. The number of thiophene rings is 1. The maximum atomic E-state index is 2.38. The molecule has 0 bridgehead atoms. The molecule has 1 nitrogen and oxygen atoms in total. The normalized spacial score (nSPS) is 11.5. The molecule has 0 atom stereocenters. The van der Waals surface area contributed by atoms with Crippen LogP contribution in [0.5, 0.6) is 0 Å². The van der Waals surface area contributed by atoms with Gasteiger partial charge >= 0.3 is 0 Å². The van der Waals surface area contributed by atoms with Crippen LogP contribution < -0.4 is 4.90 Å². The molecule has 2 heteroatoms. The Hall–Kier alpha value is -5.70. The van der Waals surface area contributed by atoms with Crippen molar-refractivity contribution < 1.29 is 0 Å². The average molecular weight is 604 g/mol. The summed E-state index contributed by atoms with van der Waals surface area (Å²) in [4.78, 5) is 5.03. The monoisotopic (exact) mass is 603 g/mol. The standard InChI is InChI=1S/C44H29NS/c1-3-9-30(10-4-1)32-17-23-36(24-18-32)45(37-25-19-33(20-26-37)31-11-5-2-6-12-31)38-27-21-34(22-28-38)42-29-41-39-15-7-13-35-14-8-16-40(43(35)39)44(41)46-42/h1-29H. The minimum atomic E-state index is 1.12. The van der Waals surface area contributed by atoms with Crippen molar-refractivity contribution in [2.75, 3.05) is 4.90 Å². The smallest absolute Gasteiger partial charge is 0.0462 e. The van der Waals surface area contributed by atoms with Crippen molar-refractivity contribution in [1.29, 1.82) is 0 Å². The Kier molecular flexibility index (Phi) is 6.40. The van der Waals surface area contributed by atoms with Crippen molar-refractivity contribution in [3.05, 3.63) is 176 Å². The van der Waals surface area contributed by atoms with Gasteiger partial charge in [-0.2, -0.15) is 0 Å². The molecule has 46 heavy (non-hydrogen) atoms. The van der Waals surface area contributed by atoms with Crippen LogP contribution in [0.15, 0.2) is 176 Å². The predicted molar refractivity (Wildman–Crippen MR) is 197 cm³/mol. The van der Waals surface area contributed by atoms with E-state index in [0.717, 1.165) is 17.1 Å². The Morgan fingerprint density at radius 2 is 0.804 bits per heavy atom. The number of anilines is 3. The fourth-order valence-electron chi connectivity index (χ4n) is 6.78. The second kappa shape index (κ2) is 11.0. The first-order valence-corrected chi connectivity index (χ1v) is 16.5. The third-order valence-corrected chi connectivity index (χ3v) is 10.3. The summed E-state index contributed by atoms with van der Waals surface area (Å²) in [5.41, 5.74) is 13.6. The van der Waals surface area contributed by atoms with Crippen LogP contribution in [0, 0.1) is 0 Å². The zero-order valence-electron chi connectivity index (χ0n) is 25.1. The van der Waals surface area contributed by atoms with E-state index in [-0.39, 0.29) is 0 Å². The molecule has 9 rings (SSSR count). The van der Waals surface area contributed by atoms with Crippen LogP contribution in [0.25, 0.3) is 65.0 Å². The highest BCUT2D eigenvalue weighted by Gasteiger charge is 2.24. The van der Waals surface area contributed by atoms with Gasteiger partial charge in [-0.1, -0.05) is 133 Å². The van der Waals surface area contributed by atoms with Gasteiger partial charge in [0.1, 0.15) is 0 Å². The lowest BCUT2D eigenvalue weighted by atomic mass is 10.0. The molecular weight excluding hydrogens is 575 g/mol. The van der Waals surface area contributed by atoms with Gasteiger partial charge < -0.3 is 4.90 Å². The molecule has 216 valence electrons. The molecule has 1 aromatic heterocycles. The second-order valence-corrected chi connectivity index (χ2v) is 12.8. The van der Waals surface area contributed by atoms with E-state index in [4.69, 9.17) is 0 Å². The number of nitrogens with zero attached hydrogens (tertiary/aromatic N) is 1. The molecule has 0 saturated heterocycles. The number of hydrogen-bond acceptors (Lipinski definition) is 2. The van der Waals surface area contributed by atoms with Crippen molar-refractivity contribution >= 4 is 39.2 Å². The first kappa shape index (κ1) is 26.7. The molecular formula is C44H29NS. The molecule has 0 N–H and O–H groups in total. The molecule has 1 aliphatic rings. The summed E-state index contributed by atoms with van der Waals surface area (Å²) in [5.74, 6) is 0. The van der Waals surface area contributed by atoms with E-state index in [1.807, 2.05) is 11.3 Å². The number of benzene rings is 7. The van der Waals surface area contributed by atoms with Crippen LogP contribution in [0.3, 0.4) is 0 Å². The van der Waals surface area contributed by atoms with E-state index in [9.17, 15) is 0 Å². The highest BCUT2D eigenvalue weighted by Crippen LogP contribution is 2.53. The summed E-state index contributed by atoms with van der Waals surface area (Å²) in [6.07, 6.45) is 0. The van der Waals surface area contributed by atoms with E-state index < -0.39 is 0 Å². The first-order valence-electron chi connectivity index (χ1n) is 15.7. The number of rotatable bonds is 6. The van der Waals surface area contributed by atoms with Gasteiger partial charge in [0.2, 0.25) is 0 Å². The quantitative estimate of drug-likeness (QED) is 0.183. The number of fused-ring (bicyclic) bond motifs is 3. The molecule has 7 aromatic carbocycles. The van der Waals surface area contributed by atoms with Gasteiger partial charge in [0.05, 0.1) is 0 Å². The third-order valence-electron chi connectivity index (χ3n) is 9.05. The maximum Gasteiger partial charge on any atom is 0.0462 e. The lowest BCUT2D eigenvalue weighted by Crippen LogP contribution is -2.09. The van der Waals surface area contributed by atoms with Crippen molar-refractivity contribution in [2.45, 2.75) is 0 Å². The van der Waals surface area contributed by atoms with Gasteiger partial charge in [0.25, 0.3) is 0 Å². The largest absolute Gasteiger partial charge is 0.311 e. The fraction of sp³-hybridized carbons (Fsp3) is 0. The van der Waals surface area contributed by atoms with E-state index >= 15 is 0 Å². The summed E-state index contributed by atoms with van der Waals surface area (Å²) < 4.78 is 0. The Bertz CT molecular complexity index is 2180. The molecule has 0 spiro atoms. The molecule has 1 heterocycles. The number of hydrogen-bond donors (Lipinski definition) is 0.